The molecule has 2 heterocycles. The Bertz CT molecular complexity index is 1440. The molecule has 3 N–H and O–H groups in total. The molecular weight excluding hydrogens is 535 g/mol. The number of fused-ring (bicyclic) bond motifs is 1. The maximum Gasteiger partial charge on any atom is 0.273 e. The molecule has 1 atom stereocenters. The van der Waals surface area contributed by atoms with Crippen molar-refractivity contribution in [3.05, 3.63) is 46.8 Å². The van der Waals surface area contributed by atoms with Crippen molar-refractivity contribution < 1.29 is 26.3 Å². The Morgan fingerprint density at radius 1 is 1.13 bits per heavy atom. The highest BCUT2D eigenvalue weighted by molar-refractivity contribution is 7.90. The normalized spacial score (nSPS) is 15.2. The van der Waals surface area contributed by atoms with Gasteiger partial charge in [-0.2, -0.15) is 0 Å². The topological polar surface area (TPSA) is 79.5 Å². The van der Waals surface area contributed by atoms with Gasteiger partial charge in [-0.1, -0.05) is 24.0 Å². The van der Waals surface area contributed by atoms with Crippen molar-refractivity contribution in [3.8, 4) is 17.6 Å². The molecule has 1 aliphatic rings. The zero-order chi connectivity index (χ0) is 27.3. The molecule has 1 aromatic heterocycles. The molecule has 0 radical (unpaired) electrons. The van der Waals surface area contributed by atoms with Crippen LogP contribution < -0.4 is 20.7 Å². The Balaban J connectivity index is 1.58. The molecule has 4 rings (SSSR count). The summed E-state index contributed by atoms with van der Waals surface area (Å²) in [4.78, 5) is 0.372. The van der Waals surface area contributed by atoms with Crippen LogP contribution in [0.5, 0.6) is 5.75 Å². The summed E-state index contributed by atoms with van der Waals surface area (Å²) in [7, 11) is -1.98. The molecule has 1 saturated heterocycles. The predicted molar refractivity (Wildman–Crippen MR) is 147 cm³/mol. The molecule has 0 amide bonds. The van der Waals surface area contributed by atoms with Crippen LogP contribution in [-0.2, 0) is 9.84 Å². The maximum atomic E-state index is 14.8. The fourth-order valence-electron chi connectivity index (χ4n) is 4.42. The summed E-state index contributed by atoms with van der Waals surface area (Å²) in [6, 6.07) is 9.70. The highest BCUT2D eigenvalue weighted by Crippen LogP contribution is 2.42. The largest absolute Gasteiger partial charge is 0.495 e. The molecule has 204 valence electrons. The molecular formula is C27H30F3N3O3S2. The van der Waals surface area contributed by atoms with E-state index in [2.05, 4.69) is 27.8 Å². The second-order valence-electron chi connectivity index (χ2n) is 9.13. The van der Waals surface area contributed by atoms with E-state index in [9.17, 15) is 21.6 Å². The first-order valence-electron chi connectivity index (χ1n) is 12.2. The van der Waals surface area contributed by atoms with Gasteiger partial charge in [0, 0.05) is 29.8 Å². The Hall–Kier alpha value is -2.94. The van der Waals surface area contributed by atoms with E-state index in [4.69, 9.17) is 4.74 Å². The molecule has 6 nitrogen and oxygen atoms in total. The lowest BCUT2D eigenvalue weighted by atomic mass is 9.98. The van der Waals surface area contributed by atoms with Crippen molar-refractivity contribution in [2.75, 3.05) is 50.2 Å². The van der Waals surface area contributed by atoms with Crippen LogP contribution >= 0.6 is 11.3 Å². The minimum Gasteiger partial charge on any atom is -0.495 e. The van der Waals surface area contributed by atoms with Gasteiger partial charge >= 0.3 is 0 Å². The van der Waals surface area contributed by atoms with E-state index >= 15 is 0 Å². The van der Waals surface area contributed by atoms with Gasteiger partial charge in [-0.25, -0.2) is 21.6 Å². The second-order valence-corrected chi connectivity index (χ2v) is 12.2. The summed E-state index contributed by atoms with van der Waals surface area (Å²) in [6.45, 7) is 2.81. The van der Waals surface area contributed by atoms with Gasteiger partial charge in [0.2, 0.25) is 0 Å². The van der Waals surface area contributed by atoms with E-state index in [0.717, 1.165) is 44.4 Å². The molecule has 11 heteroatoms. The fourth-order valence-corrected chi connectivity index (χ4v) is 6.26. The van der Waals surface area contributed by atoms with Gasteiger partial charge in [-0.05, 0) is 50.0 Å². The minimum atomic E-state index is -3.40. The molecule has 1 fully saturated rings. The highest BCUT2D eigenvalue weighted by atomic mass is 32.2. The van der Waals surface area contributed by atoms with E-state index < -0.39 is 22.4 Å². The van der Waals surface area contributed by atoms with E-state index in [1.54, 1.807) is 18.2 Å². The van der Waals surface area contributed by atoms with E-state index in [0.29, 0.717) is 27.4 Å². The third-order valence-electron chi connectivity index (χ3n) is 6.46. The van der Waals surface area contributed by atoms with Crippen molar-refractivity contribution in [1.82, 2.24) is 5.32 Å². The van der Waals surface area contributed by atoms with Gasteiger partial charge in [-0.3, -0.25) is 0 Å². The zero-order valence-corrected chi connectivity index (χ0v) is 22.7. The highest BCUT2D eigenvalue weighted by Gasteiger charge is 2.28. The number of hydrogen-bond donors (Lipinski definition) is 3. The average molecular weight is 566 g/mol. The van der Waals surface area contributed by atoms with E-state index in [-0.39, 0.29) is 21.9 Å². The standard InChI is InChI=1S/C27H30F3N3O3S2/c1-36-22-15-18(38(2,34)35)8-9-20(22)32-12-4-7-23-24(25(28)27(29)30)19-5-3-6-21(26(19)37-23)33-16-17-10-13-31-14-11-17/h3,5-6,8-9,15,17,25,27,31-33H,10-14,16H2,1-2H3. The summed E-state index contributed by atoms with van der Waals surface area (Å²) in [6.07, 6.45) is -2.40. The van der Waals surface area contributed by atoms with Crippen LogP contribution in [0.15, 0.2) is 41.3 Å². The SMILES string of the molecule is COc1cc(S(C)(=O)=O)ccc1NCC#Cc1sc2c(NCC3CCNCC3)cccc2c1C(F)C(F)F. The number of halogens is 3. The number of sulfone groups is 1. The molecule has 0 spiro atoms. The Morgan fingerprint density at radius 2 is 1.89 bits per heavy atom. The molecule has 38 heavy (non-hydrogen) atoms. The fraction of sp³-hybridized carbons (Fsp3) is 0.407. The van der Waals surface area contributed by atoms with Gasteiger partial charge in [0.15, 0.2) is 16.0 Å². The van der Waals surface area contributed by atoms with Crippen LogP contribution in [0.4, 0.5) is 24.5 Å². The first-order chi connectivity index (χ1) is 18.2. The predicted octanol–water partition coefficient (Wildman–Crippen LogP) is 5.46. The number of thiophene rings is 1. The molecule has 3 aromatic rings. The Morgan fingerprint density at radius 3 is 2.58 bits per heavy atom. The van der Waals surface area contributed by atoms with Crippen LogP contribution in [0.2, 0.25) is 0 Å². The van der Waals surface area contributed by atoms with Gasteiger partial charge < -0.3 is 20.7 Å². The Kier molecular flexibility index (Phi) is 9.07. The number of anilines is 2. The number of alkyl halides is 3. The summed E-state index contributed by atoms with van der Waals surface area (Å²) in [5.74, 6) is 6.59. The molecule has 1 aliphatic heterocycles. The number of rotatable bonds is 9. The maximum absolute atomic E-state index is 14.8. The quantitative estimate of drug-likeness (QED) is 0.299. The summed E-state index contributed by atoms with van der Waals surface area (Å²) in [5, 5.41) is 10.3. The monoisotopic (exact) mass is 565 g/mol. The van der Waals surface area contributed by atoms with Gasteiger partial charge in [-0.15, -0.1) is 11.3 Å². The molecule has 0 saturated carbocycles. The summed E-state index contributed by atoms with van der Waals surface area (Å²) in [5.41, 5.74) is 1.22. The van der Waals surface area contributed by atoms with Crippen molar-refractivity contribution >= 4 is 42.6 Å². The van der Waals surface area contributed by atoms with Gasteiger partial charge in [0.05, 0.1) is 39.5 Å². The number of hydrogen-bond acceptors (Lipinski definition) is 7. The summed E-state index contributed by atoms with van der Waals surface area (Å²) >= 11 is 1.20. The number of piperidine rings is 1. The van der Waals surface area contributed by atoms with E-state index in [1.807, 2.05) is 6.07 Å². The van der Waals surface area contributed by atoms with Crippen LogP contribution in [0.1, 0.15) is 29.5 Å². The third kappa shape index (κ3) is 6.54. The van der Waals surface area contributed by atoms with Crippen LogP contribution in [0.3, 0.4) is 0 Å². The number of nitrogens with one attached hydrogen (secondary N) is 3. The van der Waals surface area contributed by atoms with E-state index in [1.165, 1.54) is 30.6 Å². The van der Waals surface area contributed by atoms with Crippen molar-refractivity contribution in [3.63, 3.8) is 0 Å². The van der Waals surface area contributed by atoms with Crippen LogP contribution in [0, 0.1) is 17.8 Å². The molecule has 2 aromatic carbocycles. The second kappa shape index (κ2) is 12.3. The lowest BCUT2D eigenvalue weighted by molar-refractivity contribution is 0.0504. The summed E-state index contributed by atoms with van der Waals surface area (Å²) < 4.78 is 71.3. The van der Waals surface area contributed by atoms with Crippen LogP contribution in [0.25, 0.3) is 10.1 Å². The lowest BCUT2D eigenvalue weighted by Gasteiger charge is -2.23. The number of benzene rings is 2. The average Bonchev–Trinajstić information content (AvgIpc) is 3.28. The first kappa shape index (κ1) is 28.1. The minimum absolute atomic E-state index is 0.0897. The molecule has 0 aliphatic carbocycles. The third-order valence-corrected chi connectivity index (χ3v) is 8.74. The smallest absolute Gasteiger partial charge is 0.273 e. The van der Waals surface area contributed by atoms with Crippen LogP contribution in [-0.4, -0.2) is 54.4 Å². The Labute approximate surface area is 224 Å². The molecule has 1 unspecified atom stereocenters. The van der Waals surface area contributed by atoms with Crippen molar-refractivity contribution in [2.24, 2.45) is 5.92 Å². The van der Waals surface area contributed by atoms with Gasteiger partial charge in [0.25, 0.3) is 6.43 Å². The number of ether oxygens (including phenoxy) is 1. The van der Waals surface area contributed by atoms with Gasteiger partial charge in [0.1, 0.15) is 5.75 Å². The van der Waals surface area contributed by atoms with Crippen molar-refractivity contribution in [2.45, 2.75) is 30.3 Å². The zero-order valence-electron chi connectivity index (χ0n) is 21.1. The number of methoxy groups -OCH3 is 1. The molecule has 0 bridgehead atoms. The van der Waals surface area contributed by atoms with Crippen molar-refractivity contribution in [1.29, 1.82) is 0 Å². The lowest BCUT2D eigenvalue weighted by Crippen LogP contribution is -2.31. The first-order valence-corrected chi connectivity index (χ1v) is 14.9.